The summed E-state index contributed by atoms with van der Waals surface area (Å²) in [4.78, 5) is 75.9. The van der Waals surface area contributed by atoms with Gasteiger partial charge < -0.3 is 50.9 Å². The molecule has 1 saturated heterocycles. The molecule has 2 aromatic rings. The summed E-state index contributed by atoms with van der Waals surface area (Å²) in [5.74, 6) is 0.505. The number of nitrogen functional groups attached to an aromatic ring is 1. The summed E-state index contributed by atoms with van der Waals surface area (Å²) in [7, 11) is -12.9. The maximum Gasteiger partial charge on any atom is 0.481 e. The Balaban J connectivity index is 1.39. The highest BCUT2D eigenvalue weighted by molar-refractivity contribution is 8.76. The van der Waals surface area contributed by atoms with Crippen LogP contribution >= 0.6 is 45.1 Å². The summed E-state index contributed by atoms with van der Waals surface area (Å²) in [6.07, 6.45) is 3.41. The summed E-state index contributed by atoms with van der Waals surface area (Å²) in [5.41, 5.74) is 4.33. The molecule has 0 aliphatic carbocycles. The van der Waals surface area contributed by atoms with Gasteiger partial charge in [-0.25, -0.2) is 28.6 Å². The molecule has 59 heavy (non-hydrogen) atoms. The lowest BCUT2D eigenvalue weighted by atomic mass is 9.87. The van der Waals surface area contributed by atoms with Crippen molar-refractivity contribution in [2.75, 3.05) is 43.5 Å². The van der Waals surface area contributed by atoms with Crippen LogP contribution in [0.2, 0.25) is 0 Å². The van der Waals surface area contributed by atoms with Gasteiger partial charge in [0.15, 0.2) is 17.7 Å². The van der Waals surface area contributed by atoms with Gasteiger partial charge in [-0.3, -0.25) is 27.7 Å². The number of phosphoric ester groups is 3. The number of nitrogens with one attached hydrogen (secondary N) is 2. The Morgan fingerprint density at radius 2 is 1.59 bits per heavy atom. The molecule has 28 heteroatoms. The Morgan fingerprint density at radius 3 is 2.27 bits per heavy atom. The molecule has 0 spiro atoms. The van der Waals surface area contributed by atoms with Crippen molar-refractivity contribution >= 4 is 73.9 Å². The van der Waals surface area contributed by atoms with Gasteiger partial charge >= 0.3 is 23.5 Å². The zero-order chi connectivity index (χ0) is 43.9. The molecule has 0 radical (unpaired) electrons. The smallest absolute Gasteiger partial charge is 0.386 e. The minimum absolute atomic E-state index is 0.0330. The number of ether oxygens (including phenoxy) is 1. The van der Waals surface area contributed by atoms with Gasteiger partial charge in [-0.15, -0.1) is 0 Å². The maximum atomic E-state index is 12.7. The number of nitrogens with zero attached hydrogens (tertiary/aromatic N) is 4. The number of hydrogen-bond donors (Lipinski definition) is 9. The Hall–Kier alpha value is -1.76. The van der Waals surface area contributed by atoms with Crippen LogP contribution in [0.3, 0.4) is 0 Å². The first-order valence-corrected chi connectivity index (χ1v) is 25.8. The number of carbonyl (C=O) groups is 2. The highest BCUT2D eigenvalue weighted by Gasteiger charge is 2.50. The third kappa shape index (κ3) is 17.9. The van der Waals surface area contributed by atoms with Gasteiger partial charge in [0.1, 0.15) is 36.3 Å². The average molecular weight is 940 g/mol. The third-order valence-corrected chi connectivity index (χ3v) is 14.3. The molecule has 7 atom stereocenters. The number of anilines is 1. The average Bonchev–Trinajstić information content (AvgIpc) is 3.71. The van der Waals surface area contributed by atoms with Gasteiger partial charge in [0.2, 0.25) is 11.8 Å². The van der Waals surface area contributed by atoms with Crippen molar-refractivity contribution in [3.63, 3.8) is 0 Å². The molecule has 3 rings (SSSR count). The number of aromatic nitrogens is 4. The first kappa shape index (κ1) is 51.6. The normalized spacial score (nSPS) is 21.2. The Morgan fingerprint density at radius 1 is 0.949 bits per heavy atom. The van der Waals surface area contributed by atoms with E-state index in [2.05, 4.69) is 41.3 Å². The number of hydrogen-bond acceptors (Lipinski definition) is 18. The van der Waals surface area contributed by atoms with Crippen LogP contribution < -0.4 is 16.4 Å². The minimum atomic E-state index is -5.55. The van der Waals surface area contributed by atoms with Gasteiger partial charge in [-0.2, -0.15) is 4.31 Å². The van der Waals surface area contributed by atoms with E-state index in [-0.39, 0.29) is 35.9 Å². The molecular formula is C31H56N7O16P3S2. The Labute approximate surface area is 349 Å². The summed E-state index contributed by atoms with van der Waals surface area (Å²) in [6, 6.07) is 0. The molecule has 0 saturated carbocycles. The van der Waals surface area contributed by atoms with Crippen LogP contribution in [-0.4, -0.2) is 123 Å². The fourth-order valence-electron chi connectivity index (χ4n) is 5.58. The quantitative estimate of drug-likeness (QED) is 0.0321. The fraction of sp³-hybridized carbons (Fsp3) is 0.774. The van der Waals surface area contributed by atoms with Crippen LogP contribution in [-0.2, 0) is 45.9 Å². The lowest BCUT2D eigenvalue weighted by Crippen LogP contribution is -2.46. The van der Waals surface area contributed by atoms with Crippen LogP contribution in [0, 0.1) is 5.41 Å². The second kappa shape index (κ2) is 24.2. The summed E-state index contributed by atoms with van der Waals surface area (Å²) in [6.45, 7) is 3.14. The van der Waals surface area contributed by atoms with Gasteiger partial charge in [-0.05, 0) is 6.42 Å². The monoisotopic (exact) mass is 939 g/mol. The van der Waals surface area contributed by atoms with E-state index in [4.69, 9.17) is 19.5 Å². The first-order valence-electron chi connectivity index (χ1n) is 18.8. The second-order valence-electron chi connectivity index (χ2n) is 14.2. The lowest BCUT2D eigenvalue weighted by Gasteiger charge is -2.30. The van der Waals surface area contributed by atoms with Gasteiger partial charge in [0.25, 0.3) is 0 Å². The van der Waals surface area contributed by atoms with Gasteiger partial charge in [0.05, 0.1) is 19.5 Å². The molecule has 2 aromatic heterocycles. The van der Waals surface area contributed by atoms with Crippen molar-refractivity contribution in [3.05, 3.63) is 12.7 Å². The number of nitrogens with two attached hydrogens (primary N) is 1. The van der Waals surface area contributed by atoms with Crippen molar-refractivity contribution in [2.45, 2.75) is 109 Å². The number of phosphoric acid groups is 3. The molecule has 1 aliphatic heterocycles. The Kier molecular flexibility index (Phi) is 21.1. The zero-order valence-electron chi connectivity index (χ0n) is 32.9. The molecule has 3 heterocycles. The molecule has 1 fully saturated rings. The van der Waals surface area contributed by atoms with E-state index < -0.39 is 78.6 Å². The maximum absolute atomic E-state index is 12.7. The van der Waals surface area contributed by atoms with Crippen LogP contribution in [0.4, 0.5) is 5.82 Å². The minimum Gasteiger partial charge on any atom is -0.386 e. The molecule has 2 amide bonds. The van der Waals surface area contributed by atoms with Gasteiger partial charge in [-0.1, -0.05) is 87.3 Å². The van der Waals surface area contributed by atoms with Gasteiger partial charge in [0, 0.05) is 36.4 Å². The van der Waals surface area contributed by atoms with E-state index >= 15 is 0 Å². The number of carbonyl (C=O) groups excluding carboxylic acids is 2. The third-order valence-electron chi connectivity index (χ3n) is 8.75. The van der Waals surface area contributed by atoms with Crippen LogP contribution in [0.25, 0.3) is 11.2 Å². The number of aliphatic hydroxyl groups excluding tert-OH is 2. The standard InChI is InChI=1S/C31H56N7O16P3S2/c1-4-5-6-7-8-9-10-11-15-58-59-16-14-33-22(39)12-13-34-29(42)26(41)31(2,3)18-51-57(48,49)54-56(46,47)50-17-21-25(53-55(43,44)45)24(40)30(52-21)38-20-37-23-27(32)35-19-36-28(23)38/h19-21,24-26,30,40-41H,4-18H2,1-3H3,(H,33,39)(H,34,42)(H,46,47)(H,48,49)(H2,32,35,36)(H2,43,44,45). The summed E-state index contributed by atoms with van der Waals surface area (Å²) < 4.78 is 62.3. The molecule has 0 aromatic carbocycles. The van der Waals surface area contributed by atoms with Crippen LogP contribution in [0.5, 0.6) is 0 Å². The molecule has 1 aliphatic rings. The summed E-state index contributed by atoms with van der Waals surface area (Å²) >= 11 is 0. The number of rotatable bonds is 29. The number of aliphatic hydroxyl groups is 2. The van der Waals surface area contributed by atoms with Crippen molar-refractivity contribution < 1.29 is 75.7 Å². The topological polar surface area (TPSA) is 347 Å². The highest BCUT2D eigenvalue weighted by Crippen LogP contribution is 2.61. The predicted molar refractivity (Wildman–Crippen MR) is 217 cm³/mol. The number of fused-ring (bicyclic) bond motifs is 1. The molecular weight excluding hydrogens is 883 g/mol. The lowest BCUT2D eigenvalue weighted by molar-refractivity contribution is -0.137. The van der Waals surface area contributed by atoms with Crippen LogP contribution in [0.1, 0.15) is 84.8 Å². The van der Waals surface area contributed by atoms with E-state index in [9.17, 15) is 53.1 Å². The van der Waals surface area contributed by atoms with E-state index in [0.717, 1.165) is 35.1 Å². The first-order chi connectivity index (χ1) is 27.7. The largest absolute Gasteiger partial charge is 0.481 e. The van der Waals surface area contributed by atoms with E-state index in [1.807, 2.05) is 0 Å². The van der Waals surface area contributed by atoms with E-state index in [0.29, 0.717) is 6.54 Å². The number of imidazole rings is 1. The zero-order valence-corrected chi connectivity index (χ0v) is 37.3. The SMILES string of the molecule is CCCCCCCCCCSSCCNC(=O)CCNC(=O)C(O)C(C)(C)COP(=O)(O)OP(=O)(O)OCC1OC(n2cnc3c(N)ncnc32)C(O)C1OP(=O)(O)O. The fourth-order valence-corrected chi connectivity index (χ4v) is 10.5. The van der Waals surface area contributed by atoms with E-state index in [1.54, 1.807) is 21.6 Å². The van der Waals surface area contributed by atoms with E-state index in [1.165, 1.54) is 58.8 Å². The summed E-state index contributed by atoms with van der Waals surface area (Å²) in [5, 5.41) is 26.7. The van der Waals surface area contributed by atoms with Crippen molar-refractivity contribution in [1.82, 2.24) is 30.2 Å². The van der Waals surface area contributed by atoms with Crippen molar-refractivity contribution in [3.8, 4) is 0 Å². The molecule has 10 N–H and O–H groups in total. The number of amides is 2. The number of unbranched alkanes of at least 4 members (excludes halogenated alkanes) is 7. The second-order valence-corrected chi connectivity index (χ2v) is 21.1. The molecule has 338 valence electrons. The molecule has 0 bridgehead atoms. The predicted octanol–water partition coefficient (Wildman–Crippen LogP) is 2.93. The van der Waals surface area contributed by atoms with Crippen LogP contribution in [0.15, 0.2) is 12.7 Å². The highest BCUT2D eigenvalue weighted by atomic mass is 33.1. The molecule has 23 nitrogen and oxygen atoms in total. The molecule has 7 unspecified atom stereocenters. The Bertz CT molecular complexity index is 1790. The van der Waals surface area contributed by atoms with Crippen molar-refractivity contribution in [1.29, 1.82) is 0 Å². The van der Waals surface area contributed by atoms with Crippen molar-refractivity contribution in [2.24, 2.45) is 5.41 Å².